The van der Waals surface area contributed by atoms with Gasteiger partial charge in [-0.15, -0.1) is 11.3 Å². The van der Waals surface area contributed by atoms with Gasteiger partial charge in [-0.25, -0.2) is 13.2 Å². The molecule has 2 amide bonds. The van der Waals surface area contributed by atoms with Gasteiger partial charge in [-0.05, 0) is 77.7 Å². The lowest BCUT2D eigenvalue weighted by molar-refractivity contribution is 0.0124. The summed E-state index contributed by atoms with van der Waals surface area (Å²) in [6.45, 7) is 12.0. The van der Waals surface area contributed by atoms with Crippen LogP contribution in [0.2, 0.25) is 0 Å². The van der Waals surface area contributed by atoms with Crippen LogP contribution in [0.5, 0.6) is 0 Å². The molecule has 2 aliphatic rings. The van der Waals surface area contributed by atoms with Crippen molar-refractivity contribution in [3.05, 3.63) is 16.3 Å². The first-order chi connectivity index (χ1) is 15.4. The maximum Gasteiger partial charge on any atom is 0.410 e. The highest BCUT2D eigenvalue weighted by molar-refractivity contribution is 7.89. The molecular formula is C23H37N3O5S2. The van der Waals surface area contributed by atoms with Crippen LogP contribution in [0, 0.1) is 5.92 Å². The molecule has 0 saturated carbocycles. The van der Waals surface area contributed by atoms with Crippen LogP contribution in [0.15, 0.2) is 16.3 Å². The maximum atomic E-state index is 13.4. The highest BCUT2D eigenvalue weighted by atomic mass is 32.2. The highest BCUT2D eigenvalue weighted by Crippen LogP contribution is 2.30. The Labute approximate surface area is 201 Å². The highest BCUT2D eigenvalue weighted by Gasteiger charge is 2.35. The van der Waals surface area contributed by atoms with Gasteiger partial charge < -0.3 is 14.5 Å². The lowest BCUT2D eigenvalue weighted by Gasteiger charge is -2.37. The third kappa shape index (κ3) is 6.27. The molecule has 0 N–H and O–H groups in total. The molecule has 0 spiro atoms. The van der Waals surface area contributed by atoms with Crippen molar-refractivity contribution in [1.82, 2.24) is 14.1 Å². The van der Waals surface area contributed by atoms with Crippen molar-refractivity contribution in [2.75, 3.05) is 32.7 Å². The molecule has 0 radical (unpaired) electrons. The fourth-order valence-electron chi connectivity index (χ4n) is 4.36. The molecule has 0 bridgehead atoms. The summed E-state index contributed by atoms with van der Waals surface area (Å²) in [6, 6.07) is 1.52. The van der Waals surface area contributed by atoms with Gasteiger partial charge in [-0.3, -0.25) is 4.79 Å². The lowest BCUT2D eigenvalue weighted by atomic mass is 9.97. The Morgan fingerprint density at radius 3 is 2.45 bits per heavy atom. The van der Waals surface area contributed by atoms with Crippen LogP contribution >= 0.6 is 11.3 Å². The van der Waals surface area contributed by atoms with E-state index in [-0.39, 0.29) is 33.7 Å². The van der Waals surface area contributed by atoms with Crippen molar-refractivity contribution in [3.63, 3.8) is 0 Å². The average Bonchev–Trinajstić information content (AvgIpc) is 3.42. The van der Waals surface area contributed by atoms with Crippen LogP contribution in [0.3, 0.4) is 0 Å². The number of amides is 2. The molecule has 2 saturated heterocycles. The first kappa shape index (κ1) is 26.0. The van der Waals surface area contributed by atoms with Crippen molar-refractivity contribution in [2.45, 2.75) is 76.8 Å². The quantitative estimate of drug-likeness (QED) is 0.590. The first-order valence-electron chi connectivity index (χ1n) is 11.8. The van der Waals surface area contributed by atoms with Crippen molar-refractivity contribution in [3.8, 4) is 0 Å². The molecule has 2 aliphatic heterocycles. The van der Waals surface area contributed by atoms with Gasteiger partial charge in [0.2, 0.25) is 10.0 Å². The number of nitrogens with zero attached hydrogens (tertiary/aromatic N) is 3. The van der Waals surface area contributed by atoms with Crippen molar-refractivity contribution >= 4 is 33.4 Å². The fraction of sp³-hybridized carbons (Fsp3) is 0.739. The Kier molecular flexibility index (Phi) is 8.11. The van der Waals surface area contributed by atoms with E-state index in [9.17, 15) is 18.0 Å². The molecule has 33 heavy (non-hydrogen) atoms. The first-order valence-corrected chi connectivity index (χ1v) is 14.1. The molecule has 0 aromatic carbocycles. The largest absolute Gasteiger partial charge is 0.444 e. The second-order valence-corrected chi connectivity index (χ2v) is 13.0. The van der Waals surface area contributed by atoms with Gasteiger partial charge >= 0.3 is 6.09 Å². The van der Waals surface area contributed by atoms with Crippen LogP contribution in [0.4, 0.5) is 4.79 Å². The smallest absolute Gasteiger partial charge is 0.410 e. The van der Waals surface area contributed by atoms with Gasteiger partial charge in [0.1, 0.15) is 15.4 Å². The summed E-state index contributed by atoms with van der Waals surface area (Å²) < 4.78 is 33.2. The van der Waals surface area contributed by atoms with E-state index in [1.165, 1.54) is 15.6 Å². The molecule has 3 rings (SSSR count). The van der Waals surface area contributed by atoms with E-state index in [0.29, 0.717) is 32.7 Å². The zero-order valence-electron chi connectivity index (χ0n) is 20.4. The second kappa shape index (κ2) is 10.3. The van der Waals surface area contributed by atoms with Gasteiger partial charge in [-0.2, -0.15) is 4.31 Å². The molecule has 1 aromatic rings. The van der Waals surface area contributed by atoms with E-state index < -0.39 is 15.6 Å². The number of likely N-dealkylation sites (tertiary alicyclic amines) is 1. The SMILES string of the molecule is CC(C)N(CC1CCCN(C(=O)c2sccc2S(=O)(=O)N2CCCC2)C1)C(=O)OC(C)(C)C. The molecule has 1 aromatic heterocycles. The van der Waals surface area contributed by atoms with E-state index >= 15 is 0 Å². The molecule has 0 aliphatic carbocycles. The third-order valence-corrected chi connectivity index (χ3v) is 8.99. The van der Waals surface area contributed by atoms with E-state index in [1.54, 1.807) is 21.2 Å². The predicted molar refractivity (Wildman–Crippen MR) is 129 cm³/mol. The Morgan fingerprint density at radius 1 is 1.18 bits per heavy atom. The van der Waals surface area contributed by atoms with Gasteiger partial charge in [-0.1, -0.05) is 0 Å². The number of sulfonamides is 1. The number of piperidine rings is 1. The maximum absolute atomic E-state index is 13.4. The van der Waals surface area contributed by atoms with Crippen molar-refractivity contribution in [1.29, 1.82) is 0 Å². The Bertz CT molecular complexity index is 946. The second-order valence-electron chi connectivity index (χ2n) is 10.2. The summed E-state index contributed by atoms with van der Waals surface area (Å²) in [7, 11) is -3.66. The third-order valence-electron chi connectivity index (χ3n) is 6.02. The summed E-state index contributed by atoms with van der Waals surface area (Å²) in [6.07, 6.45) is 3.07. The molecule has 186 valence electrons. The normalized spacial score (nSPS) is 20.3. The summed E-state index contributed by atoms with van der Waals surface area (Å²) in [5, 5.41) is 1.68. The molecule has 8 nitrogen and oxygen atoms in total. The summed E-state index contributed by atoms with van der Waals surface area (Å²) >= 11 is 1.19. The zero-order valence-corrected chi connectivity index (χ0v) is 22.0. The van der Waals surface area contributed by atoms with Crippen LogP contribution in [0.1, 0.15) is 70.0 Å². The molecule has 1 atom stereocenters. The lowest BCUT2D eigenvalue weighted by Crippen LogP contribution is -2.48. The summed E-state index contributed by atoms with van der Waals surface area (Å²) in [5.74, 6) is -0.128. The Morgan fingerprint density at radius 2 is 1.85 bits per heavy atom. The number of thiophene rings is 1. The van der Waals surface area contributed by atoms with Gasteiger partial charge in [0.05, 0.1) is 0 Å². The van der Waals surface area contributed by atoms with Crippen LogP contribution in [0.25, 0.3) is 0 Å². The number of hydrogen-bond donors (Lipinski definition) is 0. The van der Waals surface area contributed by atoms with Crippen molar-refractivity contribution in [2.24, 2.45) is 5.92 Å². The minimum atomic E-state index is -3.66. The standard InChI is InChI=1S/C23H37N3O5S2/c1-17(2)26(22(28)31-23(3,4)5)16-18-9-8-11-24(15-18)21(27)20-19(10-14-32-20)33(29,30)25-12-6-7-13-25/h10,14,17-18H,6-9,11-13,15-16H2,1-5H3. The summed E-state index contributed by atoms with van der Waals surface area (Å²) in [4.78, 5) is 30.0. The summed E-state index contributed by atoms with van der Waals surface area (Å²) in [5.41, 5.74) is -0.574. The number of ether oxygens (including phenoxy) is 1. The Balaban J connectivity index is 1.71. The number of rotatable bonds is 6. The molecule has 2 fully saturated rings. The van der Waals surface area contributed by atoms with Crippen LogP contribution < -0.4 is 0 Å². The van der Waals surface area contributed by atoms with Crippen LogP contribution in [-0.4, -0.2) is 78.9 Å². The average molecular weight is 500 g/mol. The topological polar surface area (TPSA) is 87.2 Å². The predicted octanol–water partition coefficient (Wildman–Crippen LogP) is 4.03. The van der Waals surface area contributed by atoms with Gasteiger partial charge in [0.15, 0.2) is 0 Å². The number of carbonyl (C=O) groups is 2. The van der Waals surface area contributed by atoms with Gasteiger partial charge in [0, 0.05) is 38.8 Å². The molecule has 3 heterocycles. The van der Waals surface area contributed by atoms with E-state index in [0.717, 1.165) is 25.7 Å². The Hall–Kier alpha value is -1.65. The van der Waals surface area contributed by atoms with Crippen LogP contribution in [-0.2, 0) is 14.8 Å². The van der Waals surface area contributed by atoms with E-state index in [4.69, 9.17) is 4.74 Å². The van der Waals surface area contributed by atoms with E-state index in [2.05, 4.69) is 0 Å². The zero-order chi connectivity index (χ0) is 24.4. The fourth-order valence-corrected chi connectivity index (χ4v) is 7.24. The van der Waals surface area contributed by atoms with Crippen molar-refractivity contribution < 1.29 is 22.7 Å². The minimum absolute atomic E-state index is 0.0274. The molecular weight excluding hydrogens is 462 g/mol. The molecule has 10 heteroatoms. The number of carbonyl (C=O) groups excluding carboxylic acids is 2. The molecule has 1 unspecified atom stereocenters. The number of hydrogen-bond acceptors (Lipinski definition) is 6. The van der Waals surface area contributed by atoms with Gasteiger partial charge in [0.25, 0.3) is 5.91 Å². The monoisotopic (exact) mass is 499 g/mol. The minimum Gasteiger partial charge on any atom is -0.444 e. The van der Waals surface area contributed by atoms with E-state index in [1.807, 2.05) is 34.6 Å².